The second-order valence-electron chi connectivity index (χ2n) is 2.81. The minimum Gasteiger partial charge on any atom is -0.476 e. The number of fused-ring (bicyclic) bond motifs is 1. The number of aromatic carboxylic acids is 1. The van der Waals surface area contributed by atoms with Crippen LogP contribution in [0.3, 0.4) is 0 Å². The zero-order valence-electron chi connectivity index (χ0n) is 7.81. The van der Waals surface area contributed by atoms with Crippen LogP contribution in [-0.2, 0) is 32.7 Å². The van der Waals surface area contributed by atoms with Gasteiger partial charge in [-0.1, -0.05) is 0 Å². The van der Waals surface area contributed by atoms with Crippen LogP contribution in [0.5, 0.6) is 0 Å². The first-order valence-corrected chi connectivity index (χ1v) is 5.77. The van der Waals surface area contributed by atoms with Gasteiger partial charge >= 0.3 is 5.97 Å². The minimum absolute atomic E-state index is 0. The fourth-order valence-electron chi connectivity index (χ4n) is 1.16. The second kappa shape index (κ2) is 5.61. The van der Waals surface area contributed by atoms with Crippen molar-refractivity contribution in [1.82, 2.24) is 4.37 Å². The summed E-state index contributed by atoms with van der Waals surface area (Å²) in [4.78, 5) is 22.4. The van der Waals surface area contributed by atoms with Gasteiger partial charge in [0.25, 0.3) is 0 Å². The third kappa shape index (κ3) is 2.66. The Kier molecular flexibility index (Phi) is 4.96. The Hall–Kier alpha value is 0.0839. The number of rotatable bonds is 1. The minimum atomic E-state index is -1.28. The third-order valence-corrected chi connectivity index (χ3v) is 3.34. The molecule has 1 N–H and O–H groups in total. The van der Waals surface area contributed by atoms with Gasteiger partial charge in [0, 0.05) is 41.7 Å². The van der Waals surface area contributed by atoms with Crippen LogP contribution in [0.15, 0.2) is 23.0 Å². The number of carbonyl (C=O) groups is 1. The van der Waals surface area contributed by atoms with E-state index in [-0.39, 0.29) is 32.7 Å². The van der Waals surface area contributed by atoms with E-state index in [0.29, 0.717) is 10.1 Å². The predicted octanol–water partition coefficient (Wildman–Crippen LogP) is 1.96. The first kappa shape index (κ1) is 14.1. The van der Waals surface area contributed by atoms with Crippen molar-refractivity contribution in [3.8, 4) is 0 Å². The van der Waals surface area contributed by atoms with E-state index < -0.39 is 17.1 Å². The van der Waals surface area contributed by atoms with Crippen molar-refractivity contribution in [1.29, 1.82) is 0 Å². The molecule has 0 unspecified atom stereocenters. The molecule has 1 aromatic heterocycles. The summed E-state index contributed by atoms with van der Waals surface area (Å²) in [5, 5.41) is 9.15. The van der Waals surface area contributed by atoms with Crippen molar-refractivity contribution >= 4 is 50.2 Å². The number of benzene rings is 1. The summed E-state index contributed by atoms with van der Waals surface area (Å²) >= 11 is 3.09. The van der Waals surface area contributed by atoms with Crippen molar-refractivity contribution in [3.05, 3.63) is 37.7 Å². The summed E-state index contributed by atoms with van der Waals surface area (Å²) in [5.74, 6) is -1.28. The Morgan fingerprint density at radius 2 is 2.12 bits per heavy atom. The predicted molar refractivity (Wildman–Crippen MR) is 65.6 cm³/mol. The van der Waals surface area contributed by atoms with Gasteiger partial charge in [-0.15, -0.1) is 0 Å². The number of nitrogens with zero attached hydrogens (tertiary/aromatic N) is 1. The van der Waals surface area contributed by atoms with Gasteiger partial charge in [-0.05, 0) is 52.3 Å². The van der Waals surface area contributed by atoms with Crippen molar-refractivity contribution in [2.45, 2.75) is 0 Å². The molecule has 0 bridgehead atoms. The number of halogens is 1. The van der Waals surface area contributed by atoms with Crippen LogP contribution in [0.4, 0.5) is 0 Å². The maximum absolute atomic E-state index is 11.7. The SMILES string of the molecule is O=C(O)c1nsc2ccc(I)cc2c1=O.[Y]. The monoisotopic (exact) mass is 422 g/mol. The van der Waals surface area contributed by atoms with Gasteiger partial charge in [0.1, 0.15) is 0 Å². The van der Waals surface area contributed by atoms with Gasteiger partial charge in [-0.25, -0.2) is 4.79 Å². The molecule has 0 fully saturated rings. The molecule has 0 aliphatic heterocycles. The molecule has 0 aliphatic rings. The van der Waals surface area contributed by atoms with Crippen LogP contribution in [0.2, 0.25) is 0 Å². The maximum Gasteiger partial charge on any atom is 0.359 e. The summed E-state index contributed by atoms with van der Waals surface area (Å²) in [6, 6.07) is 5.28. The normalized spacial score (nSPS) is 9.81. The molecule has 0 spiro atoms. The maximum atomic E-state index is 11.7. The third-order valence-electron chi connectivity index (χ3n) is 1.84. The van der Waals surface area contributed by atoms with Crippen molar-refractivity contribution in [2.24, 2.45) is 0 Å². The molecule has 0 atom stereocenters. The van der Waals surface area contributed by atoms with E-state index in [1.54, 1.807) is 12.1 Å². The Bertz CT molecular complexity index is 613. The van der Waals surface area contributed by atoms with Gasteiger partial charge in [0.05, 0.1) is 4.70 Å². The fraction of sp³-hybridized carbons (Fsp3) is 0. The first-order chi connectivity index (χ1) is 7.09. The molecule has 1 aromatic carbocycles. The van der Waals surface area contributed by atoms with Gasteiger partial charge in [0.2, 0.25) is 11.1 Å². The molecule has 4 nitrogen and oxygen atoms in total. The van der Waals surface area contributed by atoms with E-state index in [4.69, 9.17) is 5.11 Å². The van der Waals surface area contributed by atoms with E-state index in [0.717, 1.165) is 15.1 Å². The molecule has 1 radical (unpaired) electrons. The number of carboxylic acid groups (broad SMARTS) is 1. The molecule has 79 valence electrons. The van der Waals surface area contributed by atoms with Crippen LogP contribution in [-0.4, -0.2) is 15.4 Å². The summed E-state index contributed by atoms with van der Waals surface area (Å²) in [7, 11) is 0. The summed E-state index contributed by atoms with van der Waals surface area (Å²) < 4.78 is 5.26. The smallest absolute Gasteiger partial charge is 0.359 e. The molecule has 7 heteroatoms. The Morgan fingerprint density at radius 1 is 1.44 bits per heavy atom. The number of aromatic nitrogens is 1. The van der Waals surface area contributed by atoms with Crippen LogP contribution < -0.4 is 5.43 Å². The van der Waals surface area contributed by atoms with Crippen LogP contribution >= 0.6 is 34.1 Å². The standard InChI is InChI=1S/C9H4INO3S.Y/c10-4-1-2-6-5(3-4)8(12)7(9(13)14)11-15-6;/h1-3H,(H,13,14);. The summed E-state index contributed by atoms with van der Waals surface area (Å²) in [5.41, 5.74) is -0.927. The Morgan fingerprint density at radius 3 is 2.75 bits per heavy atom. The molecule has 1 heterocycles. The Labute approximate surface area is 133 Å². The molecule has 2 aromatic rings. The van der Waals surface area contributed by atoms with Crippen LogP contribution in [0.1, 0.15) is 10.5 Å². The van der Waals surface area contributed by atoms with Crippen molar-refractivity contribution in [3.63, 3.8) is 0 Å². The summed E-state index contributed by atoms with van der Waals surface area (Å²) in [6.45, 7) is 0. The zero-order chi connectivity index (χ0) is 11.0. The van der Waals surface area contributed by atoms with Gasteiger partial charge < -0.3 is 5.11 Å². The first-order valence-electron chi connectivity index (χ1n) is 3.92. The topological polar surface area (TPSA) is 67.3 Å². The van der Waals surface area contributed by atoms with E-state index in [2.05, 4.69) is 27.0 Å². The average Bonchev–Trinajstić information content (AvgIpc) is 2.19. The quantitative estimate of drug-likeness (QED) is 0.715. The van der Waals surface area contributed by atoms with Crippen molar-refractivity contribution in [2.75, 3.05) is 0 Å². The molecule has 16 heavy (non-hydrogen) atoms. The number of hydrogen-bond donors (Lipinski definition) is 1. The largest absolute Gasteiger partial charge is 0.476 e. The molecular weight excluding hydrogens is 418 g/mol. The molecule has 2 rings (SSSR count). The Balaban J connectivity index is 0.00000128. The zero-order valence-corrected chi connectivity index (χ0v) is 13.6. The van der Waals surface area contributed by atoms with Gasteiger partial charge in [-0.2, -0.15) is 4.37 Å². The van der Waals surface area contributed by atoms with E-state index >= 15 is 0 Å². The number of carboxylic acids is 1. The average molecular weight is 422 g/mol. The molecule has 0 saturated heterocycles. The van der Waals surface area contributed by atoms with Gasteiger partial charge in [-0.3, -0.25) is 4.79 Å². The second-order valence-corrected chi connectivity index (χ2v) is 4.86. The van der Waals surface area contributed by atoms with Crippen LogP contribution in [0.25, 0.3) is 10.1 Å². The number of hydrogen-bond acceptors (Lipinski definition) is 4. The van der Waals surface area contributed by atoms with E-state index in [1.165, 1.54) is 0 Å². The molecule has 0 saturated carbocycles. The summed E-state index contributed by atoms with van der Waals surface area (Å²) in [6.07, 6.45) is 0. The fourth-order valence-corrected chi connectivity index (χ4v) is 2.38. The van der Waals surface area contributed by atoms with Gasteiger partial charge in [0.15, 0.2) is 0 Å². The van der Waals surface area contributed by atoms with Crippen LogP contribution in [0, 0.1) is 3.57 Å². The van der Waals surface area contributed by atoms with E-state index in [1.807, 2.05) is 6.07 Å². The van der Waals surface area contributed by atoms with E-state index in [9.17, 15) is 9.59 Å². The molecular formula is C9H4INO3SY. The molecule has 0 amide bonds. The molecule has 0 aliphatic carbocycles. The van der Waals surface area contributed by atoms with Crippen molar-refractivity contribution < 1.29 is 42.6 Å².